The van der Waals surface area contributed by atoms with Crippen molar-refractivity contribution in [2.24, 2.45) is 15.0 Å². The third-order valence-corrected chi connectivity index (χ3v) is 7.88. The van der Waals surface area contributed by atoms with Gasteiger partial charge >= 0.3 is 12.1 Å². The summed E-state index contributed by atoms with van der Waals surface area (Å²) >= 11 is 0. The molecule has 13 heteroatoms. The lowest BCUT2D eigenvalue weighted by Crippen LogP contribution is -2.44. The van der Waals surface area contributed by atoms with Gasteiger partial charge in [-0.1, -0.05) is 32.1 Å². The fourth-order valence-electron chi connectivity index (χ4n) is 5.58. The summed E-state index contributed by atoms with van der Waals surface area (Å²) in [6, 6.07) is 3.61. The minimum atomic E-state index is -0.605. The van der Waals surface area contributed by atoms with E-state index in [4.69, 9.17) is 14.2 Å². The molecule has 2 aromatic rings. The summed E-state index contributed by atoms with van der Waals surface area (Å²) in [5, 5.41) is 0. The normalized spacial score (nSPS) is 14.4. The van der Waals surface area contributed by atoms with Gasteiger partial charge in [-0.25, -0.2) is 9.78 Å². The molecule has 0 atom stereocenters. The molecule has 0 N–H and O–H groups in total. The minimum absolute atomic E-state index is 0.218. The highest BCUT2D eigenvalue weighted by atomic mass is 16.6. The zero-order chi connectivity index (χ0) is 37.4. The van der Waals surface area contributed by atoms with Gasteiger partial charge in [0.15, 0.2) is 5.84 Å². The topological polar surface area (TPSA) is 142 Å². The number of pyridine rings is 1. The molecule has 0 aliphatic carbocycles. The first kappa shape index (κ1) is 41.1. The molecule has 1 aliphatic rings. The Balaban J connectivity index is 1.41. The van der Waals surface area contributed by atoms with Crippen molar-refractivity contribution in [3.05, 3.63) is 42.0 Å². The van der Waals surface area contributed by atoms with Crippen LogP contribution in [0.3, 0.4) is 0 Å². The van der Waals surface area contributed by atoms with E-state index in [1.54, 1.807) is 19.3 Å². The fraction of sp³-hybridized carbons (Fsp3) is 0.658. The zero-order valence-electron chi connectivity index (χ0n) is 32.1. The highest BCUT2D eigenvalue weighted by Crippen LogP contribution is 2.18. The van der Waals surface area contributed by atoms with Crippen LogP contribution in [0, 0.1) is 0 Å². The molecule has 0 bridgehead atoms. The van der Waals surface area contributed by atoms with Crippen LogP contribution in [0.25, 0.3) is 0 Å². The first-order chi connectivity index (χ1) is 24.1. The van der Waals surface area contributed by atoms with E-state index in [2.05, 4.69) is 20.0 Å². The molecular formula is C38H59N7O6. The van der Waals surface area contributed by atoms with Gasteiger partial charge in [-0.3, -0.25) is 24.5 Å². The van der Waals surface area contributed by atoms with Crippen molar-refractivity contribution in [3.8, 4) is 5.75 Å². The maximum absolute atomic E-state index is 12.8. The van der Waals surface area contributed by atoms with E-state index in [9.17, 15) is 14.4 Å². The number of ether oxygens (including phenoxy) is 3. The molecule has 0 aromatic carbocycles. The molecule has 2 amide bonds. The number of rotatable bonds is 17. The van der Waals surface area contributed by atoms with Crippen molar-refractivity contribution in [3.63, 3.8) is 0 Å². The van der Waals surface area contributed by atoms with Gasteiger partial charge in [0.25, 0.3) is 0 Å². The van der Waals surface area contributed by atoms with E-state index in [-0.39, 0.29) is 18.3 Å². The largest absolute Gasteiger partial charge is 0.490 e. The van der Waals surface area contributed by atoms with Crippen LogP contribution in [0.4, 0.5) is 4.79 Å². The van der Waals surface area contributed by atoms with Gasteiger partial charge in [0.2, 0.25) is 11.5 Å². The van der Waals surface area contributed by atoms with Crippen molar-refractivity contribution in [2.75, 3.05) is 26.7 Å². The first-order valence-corrected chi connectivity index (χ1v) is 18.3. The van der Waals surface area contributed by atoms with E-state index in [1.165, 1.54) is 11.8 Å². The van der Waals surface area contributed by atoms with Crippen molar-refractivity contribution in [1.29, 1.82) is 0 Å². The van der Waals surface area contributed by atoms with Crippen LogP contribution in [0.2, 0.25) is 0 Å². The maximum Gasteiger partial charge on any atom is 0.416 e. The third-order valence-electron chi connectivity index (χ3n) is 7.88. The molecular weight excluding hydrogens is 650 g/mol. The predicted molar refractivity (Wildman–Crippen MR) is 198 cm³/mol. The number of esters is 1. The molecule has 0 saturated heterocycles. The average molecular weight is 710 g/mol. The second-order valence-corrected chi connectivity index (χ2v) is 14.8. The van der Waals surface area contributed by atoms with E-state index in [1.807, 2.05) is 69.1 Å². The average Bonchev–Trinajstić information content (AvgIpc) is 3.42. The summed E-state index contributed by atoms with van der Waals surface area (Å²) in [6.45, 7) is 15.4. The Bertz CT molecular complexity index is 1560. The van der Waals surface area contributed by atoms with E-state index < -0.39 is 17.3 Å². The van der Waals surface area contributed by atoms with Crippen LogP contribution < -0.4 is 10.4 Å². The summed E-state index contributed by atoms with van der Waals surface area (Å²) in [4.78, 5) is 56.0. The molecule has 0 fully saturated rings. The number of amides is 2. The van der Waals surface area contributed by atoms with Gasteiger partial charge in [-0.2, -0.15) is 4.99 Å². The Morgan fingerprint density at radius 3 is 2.12 bits per heavy atom. The lowest BCUT2D eigenvalue weighted by Gasteiger charge is -2.30. The summed E-state index contributed by atoms with van der Waals surface area (Å²) in [7, 11) is 1.74. The molecule has 0 spiro atoms. The number of carbonyl (C=O) groups is 3. The molecule has 1 aliphatic heterocycles. The Labute approximate surface area is 303 Å². The number of aliphatic imine (C=N–C) groups is 2. The van der Waals surface area contributed by atoms with Crippen molar-refractivity contribution >= 4 is 29.5 Å². The van der Waals surface area contributed by atoms with Crippen molar-refractivity contribution in [2.45, 2.75) is 137 Å². The highest BCUT2D eigenvalue weighted by molar-refractivity contribution is 6.05. The van der Waals surface area contributed by atoms with Crippen LogP contribution in [0.1, 0.15) is 118 Å². The molecule has 3 rings (SSSR count). The number of hydrogen-bond acceptors (Lipinski definition) is 9. The molecule has 2 aromatic heterocycles. The zero-order valence-corrected chi connectivity index (χ0v) is 32.1. The summed E-state index contributed by atoms with van der Waals surface area (Å²) in [5.41, 5.74) is 1.00. The number of carbonyl (C=O) groups excluding carboxylic acids is 3. The van der Waals surface area contributed by atoms with Crippen LogP contribution in [-0.2, 0) is 32.2 Å². The highest BCUT2D eigenvalue weighted by Gasteiger charge is 2.29. The molecule has 0 saturated carbocycles. The predicted octanol–water partition coefficient (Wildman–Crippen LogP) is 6.52. The monoisotopic (exact) mass is 709 g/mol. The minimum Gasteiger partial charge on any atom is -0.490 e. The fourth-order valence-corrected chi connectivity index (χ4v) is 5.58. The van der Waals surface area contributed by atoms with E-state index >= 15 is 0 Å². The van der Waals surface area contributed by atoms with Crippen LogP contribution in [-0.4, -0.2) is 86.5 Å². The van der Waals surface area contributed by atoms with Gasteiger partial charge in [0.1, 0.15) is 29.3 Å². The Morgan fingerprint density at radius 1 is 0.863 bits per heavy atom. The summed E-state index contributed by atoms with van der Waals surface area (Å²) in [5.74, 6) is 0.616. The third kappa shape index (κ3) is 15.2. The van der Waals surface area contributed by atoms with Gasteiger partial charge in [0.05, 0.1) is 19.2 Å². The number of aryl methyl sites for hydroxylation is 1. The number of imidazole rings is 1. The molecule has 13 nitrogen and oxygen atoms in total. The number of amidine groups is 1. The Kier molecular flexibility index (Phi) is 16.1. The smallest absolute Gasteiger partial charge is 0.416 e. The number of hydrogen-bond donors (Lipinski definition) is 0. The SMILES string of the molecule is CN=C(CCCCCCCCCn1ccn(CCOc2ccc(C3=NCCCN3C(=O)OC(C)(C)C)nc2)c1=NC(C)=O)CC(=O)OC(C)(C)C. The molecule has 282 valence electrons. The first-order valence-electron chi connectivity index (χ1n) is 18.3. The summed E-state index contributed by atoms with van der Waals surface area (Å²) in [6.07, 6.45) is 14.6. The van der Waals surface area contributed by atoms with Crippen molar-refractivity contribution in [1.82, 2.24) is 19.0 Å². The van der Waals surface area contributed by atoms with Gasteiger partial charge in [-0.15, -0.1) is 0 Å². The Hall–Kier alpha value is -4.29. The van der Waals surface area contributed by atoms with Crippen LogP contribution in [0.5, 0.6) is 5.75 Å². The molecule has 0 unspecified atom stereocenters. The maximum atomic E-state index is 12.8. The van der Waals surface area contributed by atoms with Gasteiger partial charge in [0, 0.05) is 51.7 Å². The second-order valence-electron chi connectivity index (χ2n) is 14.8. The number of nitrogens with zero attached hydrogens (tertiary/aromatic N) is 7. The van der Waals surface area contributed by atoms with Crippen LogP contribution >= 0.6 is 0 Å². The second kappa shape index (κ2) is 19.9. The lowest BCUT2D eigenvalue weighted by atomic mass is 10.0. The van der Waals surface area contributed by atoms with Gasteiger partial charge < -0.3 is 23.3 Å². The number of aromatic nitrogens is 3. The van der Waals surface area contributed by atoms with Crippen molar-refractivity contribution < 1.29 is 28.6 Å². The lowest BCUT2D eigenvalue weighted by molar-refractivity contribution is -0.153. The molecule has 3 heterocycles. The molecule has 51 heavy (non-hydrogen) atoms. The number of unbranched alkanes of at least 4 members (excludes halogenated alkanes) is 6. The standard InChI is InChI=1S/C38H59N7O6/c1-29(46)42-35-43(21-15-13-11-9-10-12-14-17-30(39-8)27-33(47)50-37(2,3)4)23-24-44(35)25-26-49-31-18-19-32(41-28-31)34-40-20-16-22-45(34)36(48)51-38(5,6)7/h18-19,23-24,28H,9-17,20-22,25-27H2,1-8H3. The van der Waals surface area contributed by atoms with E-state index in [0.29, 0.717) is 49.1 Å². The van der Waals surface area contributed by atoms with E-state index in [0.717, 1.165) is 70.0 Å². The molecule has 0 radical (unpaired) electrons. The van der Waals surface area contributed by atoms with Gasteiger partial charge in [-0.05, 0) is 79.4 Å². The quantitative estimate of drug-likeness (QED) is 0.103. The van der Waals surface area contributed by atoms with Crippen LogP contribution in [0.15, 0.2) is 45.7 Å². The Morgan fingerprint density at radius 2 is 1.51 bits per heavy atom. The summed E-state index contributed by atoms with van der Waals surface area (Å²) < 4.78 is 20.9.